The monoisotopic (exact) mass is 512 g/mol. The number of ether oxygens (including phenoxy) is 2. The second-order valence-corrected chi connectivity index (χ2v) is 7.07. The quantitative estimate of drug-likeness (QED) is 0.462. The molecular formula is C13H8Br4O2. The van der Waals surface area contributed by atoms with Crippen molar-refractivity contribution < 1.29 is 9.47 Å². The van der Waals surface area contributed by atoms with Gasteiger partial charge in [0.1, 0.15) is 17.2 Å². The summed E-state index contributed by atoms with van der Waals surface area (Å²) in [6.07, 6.45) is 0. The minimum atomic E-state index is 0.683. The molecule has 2 aromatic rings. The first-order chi connectivity index (χ1) is 9.01. The number of methoxy groups -OCH3 is 1. The summed E-state index contributed by atoms with van der Waals surface area (Å²) in [6.45, 7) is 0. The van der Waals surface area contributed by atoms with Crippen molar-refractivity contribution in [2.75, 3.05) is 7.11 Å². The summed E-state index contributed by atoms with van der Waals surface area (Å²) >= 11 is 13.8. The van der Waals surface area contributed by atoms with Crippen molar-refractivity contribution in [3.05, 3.63) is 48.2 Å². The van der Waals surface area contributed by atoms with Gasteiger partial charge in [-0.1, -0.05) is 15.9 Å². The summed E-state index contributed by atoms with van der Waals surface area (Å²) in [5.41, 5.74) is 0. The van der Waals surface area contributed by atoms with Gasteiger partial charge in [0.15, 0.2) is 0 Å². The molecular weight excluding hydrogens is 508 g/mol. The van der Waals surface area contributed by atoms with Crippen molar-refractivity contribution >= 4 is 63.7 Å². The fourth-order valence-electron chi connectivity index (χ4n) is 1.42. The van der Waals surface area contributed by atoms with E-state index < -0.39 is 0 Å². The molecule has 0 heterocycles. The molecule has 0 aliphatic rings. The van der Waals surface area contributed by atoms with Crippen LogP contribution in [0.15, 0.2) is 48.2 Å². The number of hydrogen-bond donors (Lipinski definition) is 0. The fourth-order valence-corrected chi connectivity index (χ4v) is 3.79. The van der Waals surface area contributed by atoms with Crippen LogP contribution in [0.25, 0.3) is 0 Å². The smallest absolute Gasteiger partial charge is 0.145 e. The number of halogens is 4. The third-order valence-electron chi connectivity index (χ3n) is 2.32. The van der Waals surface area contributed by atoms with Crippen LogP contribution in [-0.2, 0) is 0 Å². The van der Waals surface area contributed by atoms with E-state index in [9.17, 15) is 0 Å². The third kappa shape index (κ3) is 3.74. The topological polar surface area (TPSA) is 18.5 Å². The Bertz CT molecular complexity index is 614. The number of rotatable bonds is 3. The van der Waals surface area contributed by atoms with Crippen molar-refractivity contribution in [1.82, 2.24) is 0 Å². The van der Waals surface area contributed by atoms with Crippen LogP contribution in [0.3, 0.4) is 0 Å². The predicted octanol–water partition coefficient (Wildman–Crippen LogP) is 6.54. The first-order valence-electron chi connectivity index (χ1n) is 5.17. The van der Waals surface area contributed by atoms with Gasteiger partial charge in [-0.2, -0.15) is 0 Å². The highest BCUT2D eigenvalue weighted by Crippen LogP contribution is 2.40. The molecule has 0 fully saturated rings. The highest BCUT2D eigenvalue weighted by atomic mass is 79.9. The van der Waals surface area contributed by atoms with Crippen LogP contribution in [0.1, 0.15) is 0 Å². The first-order valence-corrected chi connectivity index (χ1v) is 8.34. The van der Waals surface area contributed by atoms with E-state index in [1.807, 2.05) is 30.3 Å². The molecule has 0 aliphatic heterocycles. The standard InChI is InChI=1S/C13H8Br4O2/c1-18-12-6-13(10(17)5-9(12)16)19-11-3-2-7(14)4-8(11)15/h2-6H,1H3. The second kappa shape index (κ2) is 6.61. The molecule has 0 saturated carbocycles. The van der Waals surface area contributed by atoms with E-state index in [-0.39, 0.29) is 0 Å². The van der Waals surface area contributed by atoms with E-state index in [1.165, 1.54) is 0 Å². The van der Waals surface area contributed by atoms with Gasteiger partial charge in [0.25, 0.3) is 0 Å². The van der Waals surface area contributed by atoms with Gasteiger partial charge in [0.05, 0.1) is 20.5 Å². The maximum atomic E-state index is 5.88. The lowest BCUT2D eigenvalue weighted by Crippen LogP contribution is -1.90. The van der Waals surface area contributed by atoms with Gasteiger partial charge in [0.2, 0.25) is 0 Å². The maximum Gasteiger partial charge on any atom is 0.145 e. The van der Waals surface area contributed by atoms with Gasteiger partial charge < -0.3 is 9.47 Å². The summed E-state index contributed by atoms with van der Waals surface area (Å²) in [6, 6.07) is 9.45. The van der Waals surface area contributed by atoms with Gasteiger partial charge in [0, 0.05) is 10.5 Å². The van der Waals surface area contributed by atoms with E-state index >= 15 is 0 Å². The van der Waals surface area contributed by atoms with E-state index in [2.05, 4.69) is 63.7 Å². The fraction of sp³-hybridized carbons (Fsp3) is 0.0769. The highest BCUT2D eigenvalue weighted by Gasteiger charge is 2.11. The van der Waals surface area contributed by atoms with Crippen molar-refractivity contribution in [3.8, 4) is 17.2 Å². The van der Waals surface area contributed by atoms with Gasteiger partial charge >= 0.3 is 0 Å². The lowest BCUT2D eigenvalue weighted by molar-refractivity contribution is 0.405. The van der Waals surface area contributed by atoms with Crippen LogP contribution in [-0.4, -0.2) is 7.11 Å². The van der Waals surface area contributed by atoms with Crippen molar-refractivity contribution in [2.24, 2.45) is 0 Å². The number of hydrogen-bond acceptors (Lipinski definition) is 2. The summed E-state index contributed by atoms with van der Waals surface area (Å²) < 4.78 is 14.7. The molecule has 0 unspecified atom stereocenters. The van der Waals surface area contributed by atoms with E-state index in [4.69, 9.17) is 9.47 Å². The Morgan fingerprint density at radius 3 is 2.00 bits per heavy atom. The SMILES string of the molecule is COc1cc(Oc2ccc(Br)cc2Br)c(Br)cc1Br. The molecule has 100 valence electrons. The third-order valence-corrected chi connectivity index (χ3v) is 4.67. The van der Waals surface area contributed by atoms with Crippen LogP contribution in [0.2, 0.25) is 0 Å². The lowest BCUT2D eigenvalue weighted by Gasteiger charge is -2.12. The zero-order valence-corrected chi connectivity index (χ0v) is 16.1. The van der Waals surface area contributed by atoms with Crippen LogP contribution in [0.5, 0.6) is 17.2 Å². The van der Waals surface area contributed by atoms with E-state index in [1.54, 1.807) is 7.11 Å². The molecule has 0 spiro atoms. The predicted molar refractivity (Wildman–Crippen MR) is 90.3 cm³/mol. The molecule has 0 aromatic heterocycles. The van der Waals surface area contributed by atoms with Crippen molar-refractivity contribution in [1.29, 1.82) is 0 Å². The Kier molecular flexibility index (Phi) is 5.34. The molecule has 0 atom stereocenters. The van der Waals surface area contributed by atoms with Crippen LogP contribution in [0.4, 0.5) is 0 Å². The molecule has 6 heteroatoms. The molecule has 19 heavy (non-hydrogen) atoms. The van der Waals surface area contributed by atoms with Gasteiger partial charge in [-0.25, -0.2) is 0 Å². The second-order valence-electron chi connectivity index (χ2n) is 3.59. The van der Waals surface area contributed by atoms with Gasteiger partial charge in [-0.05, 0) is 72.1 Å². The average molecular weight is 516 g/mol. The summed E-state index contributed by atoms with van der Waals surface area (Å²) in [4.78, 5) is 0. The molecule has 0 radical (unpaired) electrons. The Labute approximate surface area is 145 Å². The highest BCUT2D eigenvalue weighted by molar-refractivity contribution is 9.11. The maximum absolute atomic E-state index is 5.88. The zero-order valence-electron chi connectivity index (χ0n) is 9.72. The van der Waals surface area contributed by atoms with Crippen LogP contribution < -0.4 is 9.47 Å². The normalized spacial score (nSPS) is 10.4. The zero-order chi connectivity index (χ0) is 14.0. The summed E-state index contributed by atoms with van der Waals surface area (Å²) in [7, 11) is 1.62. The minimum absolute atomic E-state index is 0.683. The minimum Gasteiger partial charge on any atom is -0.495 e. The Morgan fingerprint density at radius 1 is 0.737 bits per heavy atom. The van der Waals surface area contributed by atoms with Crippen molar-refractivity contribution in [2.45, 2.75) is 0 Å². The summed E-state index contributed by atoms with van der Waals surface area (Å²) in [5, 5.41) is 0. The lowest BCUT2D eigenvalue weighted by atomic mass is 10.3. The largest absolute Gasteiger partial charge is 0.495 e. The molecule has 0 bridgehead atoms. The molecule has 0 amide bonds. The molecule has 0 aliphatic carbocycles. The van der Waals surface area contributed by atoms with Gasteiger partial charge in [-0.3, -0.25) is 0 Å². The van der Waals surface area contributed by atoms with Gasteiger partial charge in [-0.15, -0.1) is 0 Å². The molecule has 2 rings (SSSR count). The molecule has 0 saturated heterocycles. The molecule has 0 N–H and O–H groups in total. The van der Waals surface area contributed by atoms with Crippen molar-refractivity contribution in [3.63, 3.8) is 0 Å². The molecule has 2 nitrogen and oxygen atoms in total. The Hall–Kier alpha value is -0.0400. The van der Waals surface area contributed by atoms with Crippen LogP contribution >= 0.6 is 63.7 Å². The van der Waals surface area contributed by atoms with E-state index in [0.717, 1.165) is 23.6 Å². The van der Waals surface area contributed by atoms with Crippen LogP contribution in [0, 0.1) is 0 Å². The first kappa shape index (κ1) is 15.4. The average Bonchev–Trinajstić information content (AvgIpc) is 2.35. The Balaban J connectivity index is 2.37. The summed E-state index contributed by atoms with van der Waals surface area (Å²) in [5.74, 6) is 2.13. The Morgan fingerprint density at radius 2 is 1.37 bits per heavy atom. The molecule has 2 aromatic carbocycles. The number of benzene rings is 2. The van der Waals surface area contributed by atoms with E-state index in [0.29, 0.717) is 11.5 Å².